The van der Waals surface area contributed by atoms with Gasteiger partial charge < -0.3 is 9.47 Å². The Labute approximate surface area is 119 Å². The Hall–Kier alpha value is -1.71. The first-order valence-corrected chi connectivity index (χ1v) is 6.97. The Morgan fingerprint density at radius 3 is 2.65 bits per heavy atom. The van der Waals surface area contributed by atoms with Gasteiger partial charge in [-0.25, -0.2) is 0 Å². The summed E-state index contributed by atoms with van der Waals surface area (Å²) >= 11 is 0. The van der Waals surface area contributed by atoms with Crippen molar-refractivity contribution < 1.29 is 9.47 Å². The van der Waals surface area contributed by atoms with Gasteiger partial charge in [0, 0.05) is 18.4 Å². The first kappa shape index (κ1) is 13.3. The second kappa shape index (κ2) is 5.35. The average molecular weight is 269 g/mol. The Morgan fingerprint density at radius 1 is 1.25 bits per heavy atom. The van der Waals surface area contributed by atoms with Gasteiger partial charge in [-0.2, -0.15) is 0 Å². The van der Waals surface area contributed by atoms with Crippen molar-refractivity contribution in [1.29, 1.82) is 0 Å². The predicted molar refractivity (Wildman–Crippen MR) is 82.2 cm³/mol. The van der Waals surface area contributed by atoms with Gasteiger partial charge in [0.05, 0.1) is 18.9 Å². The van der Waals surface area contributed by atoms with Crippen LogP contribution in [-0.2, 0) is 9.47 Å². The van der Waals surface area contributed by atoms with Crippen LogP contribution in [0.4, 0.5) is 5.69 Å². The molecule has 104 valence electrons. The molecule has 0 N–H and O–H groups in total. The zero-order valence-electron chi connectivity index (χ0n) is 11.6. The first-order valence-electron chi connectivity index (χ1n) is 6.97. The van der Waals surface area contributed by atoms with Crippen molar-refractivity contribution >= 4 is 24.1 Å². The molecule has 1 aromatic rings. The van der Waals surface area contributed by atoms with Gasteiger partial charge in [-0.05, 0) is 36.4 Å². The summed E-state index contributed by atoms with van der Waals surface area (Å²) in [6.07, 6.45) is 6.77. The van der Waals surface area contributed by atoms with Crippen LogP contribution in [0.25, 0.3) is 11.6 Å². The molecular weight excluding hydrogens is 250 g/mol. The predicted octanol–water partition coefficient (Wildman–Crippen LogP) is 3.97. The maximum absolute atomic E-state index is 5.74. The van der Waals surface area contributed by atoms with E-state index in [0.29, 0.717) is 13.2 Å². The molecule has 3 rings (SSSR count). The second-order valence-electron chi connectivity index (χ2n) is 5.18. The summed E-state index contributed by atoms with van der Waals surface area (Å²) in [5.41, 5.74) is 4.46. The molecule has 1 fully saturated rings. The Balaban J connectivity index is 1.85. The van der Waals surface area contributed by atoms with E-state index in [-0.39, 0.29) is 5.79 Å². The molecule has 0 unspecified atom stereocenters. The maximum Gasteiger partial charge on any atom is 0.172 e. The van der Waals surface area contributed by atoms with E-state index in [2.05, 4.69) is 36.5 Å². The monoisotopic (exact) mass is 269 g/mol. The highest BCUT2D eigenvalue weighted by atomic mass is 16.7. The zero-order chi connectivity index (χ0) is 14.0. The zero-order valence-corrected chi connectivity index (χ0v) is 11.6. The van der Waals surface area contributed by atoms with E-state index in [1.165, 1.54) is 11.1 Å². The minimum absolute atomic E-state index is 0.354. The smallest absolute Gasteiger partial charge is 0.172 e. The topological polar surface area (TPSA) is 30.8 Å². The summed E-state index contributed by atoms with van der Waals surface area (Å²) in [7, 11) is 0. The number of rotatable bonds is 3. The highest BCUT2D eigenvalue weighted by Gasteiger charge is 2.37. The van der Waals surface area contributed by atoms with Crippen LogP contribution in [0, 0.1) is 0 Å². The number of hydrogen-bond donors (Lipinski definition) is 0. The highest BCUT2D eigenvalue weighted by molar-refractivity contribution is 5.74. The molecule has 0 amide bonds. The van der Waals surface area contributed by atoms with E-state index >= 15 is 0 Å². The average Bonchev–Trinajstić information content (AvgIpc) is 2.95. The summed E-state index contributed by atoms with van der Waals surface area (Å²) in [5, 5.41) is 0. The maximum atomic E-state index is 5.74. The molecule has 0 radical (unpaired) electrons. The van der Waals surface area contributed by atoms with Gasteiger partial charge >= 0.3 is 0 Å². The third-order valence-electron chi connectivity index (χ3n) is 4.04. The van der Waals surface area contributed by atoms with Gasteiger partial charge in [0.2, 0.25) is 0 Å². The molecule has 0 atom stereocenters. The molecule has 1 aliphatic carbocycles. The van der Waals surface area contributed by atoms with E-state index in [1.807, 2.05) is 12.1 Å². The standard InChI is InChI=1S/C17H19NO2/c1-3-13-12-15(4-5-16(13)18-2)14-6-8-17(9-7-14)19-10-11-20-17/h3-6,12H,1-2,7-11H2. The van der Waals surface area contributed by atoms with Crippen LogP contribution in [0.1, 0.15) is 30.4 Å². The third kappa shape index (κ3) is 2.35. The largest absolute Gasteiger partial charge is 0.347 e. The van der Waals surface area contributed by atoms with Gasteiger partial charge in [-0.3, -0.25) is 4.99 Å². The van der Waals surface area contributed by atoms with Crippen LogP contribution < -0.4 is 0 Å². The van der Waals surface area contributed by atoms with Crippen molar-refractivity contribution in [3.05, 3.63) is 42.0 Å². The molecule has 1 saturated heterocycles. The van der Waals surface area contributed by atoms with Crippen molar-refractivity contribution in [2.45, 2.75) is 25.0 Å². The number of ether oxygens (including phenoxy) is 2. The van der Waals surface area contributed by atoms with Crippen molar-refractivity contribution in [2.75, 3.05) is 13.2 Å². The Kier molecular flexibility index (Phi) is 3.55. The van der Waals surface area contributed by atoms with Crippen LogP contribution in [0.5, 0.6) is 0 Å². The number of allylic oxidation sites excluding steroid dienone is 1. The van der Waals surface area contributed by atoms with Crippen LogP contribution in [0.3, 0.4) is 0 Å². The quantitative estimate of drug-likeness (QED) is 0.777. The van der Waals surface area contributed by atoms with Gasteiger partial charge in [-0.1, -0.05) is 24.8 Å². The molecule has 0 bridgehead atoms. The Morgan fingerprint density at radius 2 is 2.05 bits per heavy atom. The fourth-order valence-electron chi connectivity index (χ4n) is 2.89. The van der Waals surface area contributed by atoms with Crippen molar-refractivity contribution in [3.8, 4) is 0 Å². The number of aliphatic imine (C=N–C) groups is 1. The molecule has 2 aliphatic rings. The van der Waals surface area contributed by atoms with E-state index in [4.69, 9.17) is 9.47 Å². The lowest BCUT2D eigenvalue weighted by Crippen LogP contribution is -2.31. The van der Waals surface area contributed by atoms with Crippen LogP contribution in [-0.4, -0.2) is 25.7 Å². The van der Waals surface area contributed by atoms with Crippen molar-refractivity contribution in [2.24, 2.45) is 4.99 Å². The van der Waals surface area contributed by atoms with E-state index in [1.54, 1.807) is 0 Å². The minimum atomic E-state index is -0.354. The molecule has 1 aliphatic heterocycles. The van der Waals surface area contributed by atoms with Gasteiger partial charge in [-0.15, -0.1) is 0 Å². The lowest BCUT2D eigenvalue weighted by atomic mass is 9.89. The van der Waals surface area contributed by atoms with Gasteiger partial charge in [0.1, 0.15) is 0 Å². The lowest BCUT2D eigenvalue weighted by molar-refractivity contribution is -0.159. The van der Waals surface area contributed by atoms with E-state index < -0.39 is 0 Å². The van der Waals surface area contributed by atoms with Crippen LogP contribution in [0.15, 0.2) is 35.8 Å². The van der Waals surface area contributed by atoms with Crippen LogP contribution in [0.2, 0.25) is 0 Å². The molecular formula is C17H19NO2. The summed E-state index contributed by atoms with van der Waals surface area (Å²) in [6.45, 7) is 8.84. The van der Waals surface area contributed by atoms with Crippen LogP contribution >= 0.6 is 0 Å². The third-order valence-corrected chi connectivity index (χ3v) is 4.04. The molecule has 3 heteroatoms. The summed E-state index contributed by atoms with van der Waals surface area (Å²) in [4.78, 5) is 4.00. The molecule has 20 heavy (non-hydrogen) atoms. The second-order valence-corrected chi connectivity index (χ2v) is 5.18. The first-order chi connectivity index (χ1) is 9.76. The Bertz CT molecular complexity index is 568. The number of nitrogens with zero attached hydrogens (tertiary/aromatic N) is 1. The molecule has 0 aromatic heterocycles. The minimum Gasteiger partial charge on any atom is -0.347 e. The summed E-state index contributed by atoms with van der Waals surface area (Å²) < 4.78 is 11.5. The lowest BCUT2D eigenvalue weighted by Gasteiger charge is -2.30. The van der Waals surface area contributed by atoms with Crippen molar-refractivity contribution in [3.63, 3.8) is 0 Å². The fourth-order valence-corrected chi connectivity index (χ4v) is 2.89. The number of hydrogen-bond acceptors (Lipinski definition) is 3. The van der Waals surface area contributed by atoms with E-state index in [9.17, 15) is 0 Å². The number of benzene rings is 1. The highest BCUT2D eigenvalue weighted by Crippen LogP contribution is 2.38. The van der Waals surface area contributed by atoms with Gasteiger partial charge in [0.15, 0.2) is 5.79 Å². The molecule has 3 nitrogen and oxygen atoms in total. The SMILES string of the molecule is C=Cc1cc(C2=CCC3(CC2)OCCO3)ccc1N=C. The molecule has 0 saturated carbocycles. The van der Waals surface area contributed by atoms with Crippen molar-refractivity contribution in [1.82, 2.24) is 0 Å². The normalized spacial score (nSPS) is 20.7. The fraction of sp³-hybridized carbons (Fsp3) is 0.353. The summed E-state index contributed by atoms with van der Waals surface area (Å²) in [5.74, 6) is -0.354. The molecule has 1 heterocycles. The molecule has 1 aromatic carbocycles. The van der Waals surface area contributed by atoms with Gasteiger partial charge in [0.25, 0.3) is 0 Å². The van der Waals surface area contributed by atoms with E-state index in [0.717, 1.165) is 30.5 Å². The molecule has 1 spiro atoms. The summed E-state index contributed by atoms with van der Waals surface area (Å²) in [6, 6.07) is 6.21.